The number of sulfonamides is 1. The minimum absolute atomic E-state index is 0.248. The summed E-state index contributed by atoms with van der Waals surface area (Å²) < 4.78 is 29.9. The molecule has 0 fully saturated rings. The molecule has 2 heterocycles. The van der Waals surface area contributed by atoms with Gasteiger partial charge in [-0.3, -0.25) is 4.72 Å². The summed E-state index contributed by atoms with van der Waals surface area (Å²) >= 11 is 4.41. The van der Waals surface area contributed by atoms with Crippen LogP contribution < -0.4 is 4.72 Å². The fourth-order valence-electron chi connectivity index (χ4n) is 1.83. The molecule has 1 N–H and O–H groups in total. The number of benzene rings is 1. The van der Waals surface area contributed by atoms with Gasteiger partial charge in [-0.25, -0.2) is 13.1 Å². The second-order valence-corrected chi connectivity index (χ2v) is 7.78. The summed E-state index contributed by atoms with van der Waals surface area (Å²) in [5.41, 5.74) is 1.14. The predicted molar refractivity (Wildman–Crippen MR) is 86.4 cm³/mol. The fraction of sp³-hybridized carbons (Fsp3) is 0. The molecule has 0 saturated heterocycles. The molecule has 0 spiro atoms. The number of hydrogen-bond acceptors (Lipinski definition) is 4. The zero-order chi connectivity index (χ0) is 14.9. The molecule has 5 nitrogen and oxygen atoms in total. The third-order valence-corrected chi connectivity index (χ3v) is 6.76. The maximum absolute atomic E-state index is 12.4. The van der Waals surface area contributed by atoms with Crippen LogP contribution in [0.5, 0.6) is 0 Å². The first-order valence-corrected chi connectivity index (χ1v) is 9.08. The first kappa shape index (κ1) is 14.3. The molecule has 8 heteroatoms. The van der Waals surface area contributed by atoms with Gasteiger partial charge in [0.15, 0.2) is 4.21 Å². The van der Waals surface area contributed by atoms with Crippen LogP contribution in [0.4, 0.5) is 5.69 Å². The van der Waals surface area contributed by atoms with Gasteiger partial charge in [0, 0.05) is 16.9 Å². The summed E-state index contributed by atoms with van der Waals surface area (Å²) in [4.78, 5) is 0. The Morgan fingerprint density at radius 3 is 2.67 bits per heavy atom. The second-order valence-electron chi connectivity index (χ2n) is 4.13. The Morgan fingerprint density at radius 1 is 1.19 bits per heavy atom. The molecule has 0 atom stereocenters. The van der Waals surface area contributed by atoms with E-state index in [9.17, 15) is 8.42 Å². The summed E-state index contributed by atoms with van der Waals surface area (Å²) in [6, 6.07) is 10.6. The molecule has 1 aromatic carbocycles. The van der Waals surface area contributed by atoms with Crippen LogP contribution in [0.1, 0.15) is 0 Å². The molecule has 0 unspecified atom stereocenters. The Morgan fingerprint density at radius 2 is 2.00 bits per heavy atom. The molecule has 3 rings (SSSR count). The molecule has 0 aliphatic rings. The lowest BCUT2D eigenvalue weighted by atomic mass is 10.3. The smallest absolute Gasteiger partial charge is 0.272 e. The van der Waals surface area contributed by atoms with Crippen molar-refractivity contribution in [2.45, 2.75) is 4.21 Å². The van der Waals surface area contributed by atoms with E-state index in [1.807, 2.05) is 6.07 Å². The van der Waals surface area contributed by atoms with Crippen LogP contribution in [0.25, 0.3) is 5.69 Å². The average molecular weight is 384 g/mol. The van der Waals surface area contributed by atoms with E-state index in [1.54, 1.807) is 52.8 Å². The van der Waals surface area contributed by atoms with Gasteiger partial charge in [0.05, 0.1) is 11.4 Å². The van der Waals surface area contributed by atoms with E-state index in [-0.39, 0.29) is 4.21 Å². The van der Waals surface area contributed by atoms with Crippen molar-refractivity contribution >= 4 is 43.0 Å². The van der Waals surface area contributed by atoms with E-state index in [0.717, 1.165) is 11.3 Å². The number of para-hydroxylation sites is 2. The normalized spacial score (nSPS) is 11.5. The third-order valence-electron chi connectivity index (χ3n) is 2.73. The Labute approximate surface area is 134 Å². The van der Waals surface area contributed by atoms with Crippen molar-refractivity contribution in [2.75, 3.05) is 4.72 Å². The molecule has 21 heavy (non-hydrogen) atoms. The van der Waals surface area contributed by atoms with E-state index >= 15 is 0 Å². The summed E-state index contributed by atoms with van der Waals surface area (Å²) in [7, 11) is -3.63. The molecular formula is C13H10BrN3O2S2. The van der Waals surface area contributed by atoms with Crippen LogP contribution in [0.15, 0.2) is 62.9 Å². The van der Waals surface area contributed by atoms with Crippen molar-refractivity contribution in [1.82, 2.24) is 9.78 Å². The molecule has 2 aromatic heterocycles. The summed E-state index contributed by atoms with van der Waals surface area (Å²) in [5, 5.41) is 5.85. The minimum Gasteiger partial charge on any atom is -0.277 e. The lowest BCUT2D eigenvalue weighted by Gasteiger charge is -2.12. The van der Waals surface area contributed by atoms with Crippen molar-refractivity contribution in [1.29, 1.82) is 0 Å². The second kappa shape index (κ2) is 5.63. The monoisotopic (exact) mass is 383 g/mol. The first-order chi connectivity index (χ1) is 10.1. The van der Waals surface area contributed by atoms with Crippen LogP contribution in [-0.2, 0) is 10.0 Å². The average Bonchev–Trinajstić information content (AvgIpc) is 3.10. The number of anilines is 1. The molecule has 0 saturated carbocycles. The first-order valence-electron chi connectivity index (χ1n) is 5.93. The Balaban J connectivity index is 2.02. The predicted octanol–water partition coefficient (Wildman–Crippen LogP) is 3.50. The molecule has 0 aliphatic carbocycles. The van der Waals surface area contributed by atoms with Gasteiger partial charge in [-0.2, -0.15) is 5.10 Å². The summed E-state index contributed by atoms with van der Waals surface area (Å²) in [5.74, 6) is 0. The van der Waals surface area contributed by atoms with Crippen LogP contribution >= 0.6 is 27.3 Å². The number of rotatable bonds is 4. The van der Waals surface area contributed by atoms with Crippen LogP contribution in [0.2, 0.25) is 0 Å². The lowest BCUT2D eigenvalue weighted by molar-refractivity contribution is 0.602. The minimum atomic E-state index is -3.63. The SMILES string of the molecule is O=S(=O)(Nc1ccccc1-n1cccn1)c1sccc1Br. The van der Waals surface area contributed by atoms with E-state index in [1.165, 1.54) is 0 Å². The van der Waals surface area contributed by atoms with Crippen molar-refractivity contribution in [3.8, 4) is 5.69 Å². The van der Waals surface area contributed by atoms with Crippen molar-refractivity contribution in [2.24, 2.45) is 0 Å². The van der Waals surface area contributed by atoms with Crippen molar-refractivity contribution < 1.29 is 8.42 Å². The van der Waals surface area contributed by atoms with Crippen LogP contribution in [0.3, 0.4) is 0 Å². The van der Waals surface area contributed by atoms with Gasteiger partial charge in [-0.05, 0) is 45.6 Å². The zero-order valence-electron chi connectivity index (χ0n) is 10.6. The van der Waals surface area contributed by atoms with Gasteiger partial charge in [-0.15, -0.1) is 11.3 Å². The number of thiophene rings is 1. The van der Waals surface area contributed by atoms with Crippen molar-refractivity contribution in [3.63, 3.8) is 0 Å². The molecule has 108 valence electrons. The zero-order valence-corrected chi connectivity index (χ0v) is 13.8. The van der Waals surface area contributed by atoms with Gasteiger partial charge in [-0.1, -0.05) is 12.1 Å². The van der Waals surface area contributed by atoms with Crippen molar-refractivity contribution in [3.05, 3.63) is 58.6 Å². The highest BCUT2D eigenvalue weighted by atomic mass is 79.9. The Kier molecular flexibility index (Phi) is 3.83. The number of nitrogens with one attached hydrogen (secondary N) is 1. The molecule has 0 amide bonds. The third kappa shape index (κ3) is 2.87. The maximum atomic E-state index is 12.4. The van der Waals surface area contributed by atoms with Gasteiger partial charge >= 0.3 is 0 Å². The van der Waals surface area contributed by atoms with E-state index < -0.39 is 10.0 Å². The number of halogens is 1. The molecule has 0 bridgehead atoms. The van der Waals surface area contributed by atoms with Gasteiger partial charge in [0.1, 0.15) is 0 Å². The topological polar surface area (TPSA) is 64.0 Å². The summed E-state index contributed by atoms with van der Waals surface area (Å²) in [6.45, 7) is 0. The van der Waals surface area contributed by atoms with Crippen LogP contribution in [-0.4, -0.2) is 18.2 Å². The van der Waals surface area contributed by atoms with E-state index in [2.05, 4.69) is 25.8 Å². The quantitative estimate of drug-likeness (QED) is 0.749. The fourth-order valence-corrected chi connectivity index (χ4v) is 5.25. The van der Waals surface area contributed by atoms with E-state index in [4.69, 9.17) is 0 Å². The van der Waals surface area contributed by atoms with Gasteiger partial charge < -0.3 is 0 Å². The standard InChI is InChI=1S/C13H10BrN3O2S2/c14-10-6-9-20-13(10)21(18,19)16-11-4-1-2-5-12(11)17-8-3-7-15-17/h1-9,16H. The highest BCUT2D eigenvalue weighted by Gasteiger charge is 2.20. The molecule has 3 aromatic rings. The lowest BCUT2D eigenvalue weighted by Crippen LogP contribution is -2.14. The van der Waals surface area contributed by atoms with Gasteiger partial charge in [0.2, 0.25) is 0 Å². The largest absolute Gasteiger partial charge is 0.277 e. The summed E-state index contributed by atoms with van der Waals surface area (Å²) in [6.07, 6.45) is 3.40. The number of nitrogens with zero attached hydrogens (tertiary/aromatic N) is 2. The van der Waals surface area contributed by atoms with E-state index in [0.29, 0.717) is 15.8 Å². The highest BCUT2D eigenvalue weighted by molar-refractivity contribution is 9.10. The Hall–Kier alpha value is -1.64. The maximum Gasteiger partial charge on any atom is 0.272 e. The van der Waals surface area contributed by atoms with Crippen LogP contribution in [0, 0.1) is 0 Å². The number of aromatic nitrogens is 2. The Bertz CT molecular complexity index is 857. The molecular weight excluding hydrogens is 374 g/mol. The number of hydrogen-bond donors (Lipinski definition) is 1. The highest BCUT2D eigenvalue weighted by Crippen LogP contribution is 2.30. The molecule has 0 aliphatic heterocycles. The molecule has 0 radical (unpaired) electrons. The van der Waals surface area contributed by atoms with Gasteiger partial charge in [0.25, 0.3) is 10.0 Å².